The average Bonchev–Trinajstić information content (AvgIpc) is 2.11. The number of carbonyl (C=O) groups is 1. The minimum absolute atomic E-state index is 0.0417. The first-order valence-corrected chi connectivity index (χ1v) is 5.70. The quantitative estimate of drug-likeness (QED) is 0.547. The van der Waals surface area contributed by atoms with Gasteiger partial charge in [0.2, 0.25) is 5.91 Å². The molecular weight excluding hydrogens is 272 g/mol. The molecule has 0 radical (unpaired) electrons. The van der Waals surface area contributed by atoms with Gasteiger partial charge in [-0.1, -0.05) is 22.9 Å². The molecule has 0 saturated carbocycles. The number of amides is 1. The van der Waals surface area contributed by atoms with E-state index < -0.39 is 13.0 Å². The molecule has 0 saturated heterocycles. The van der Waals surface area contributed by atoms with Crippen LogP contribution in [0.15, 0.2) is 0 Å². The average molecular weight is 288 g/mol. The molecular formula is C9H16BrF2NO2. The van der Waals surface area contributed by atoms with E-state index in [1.807, 2.05) is 6.92 Å². The Hall–Kier alpha value is -0.230. The standard InChI is InChI=1S/C9H16BrF2NO2/c1-7(10)2-4-13-9(14)3-5-15-6-8(11)12/h7-8H,2-6H2,1H3,(H,13,14). The van der Waals surface area contributed by atoms with Crippen LogP contribution in [0.3, 0.4) is 0 Å². The Labute approximate surface area is 96.7 Å². The van der Waals surface area contributed by atoms with Crippen LogP contribution in [0.1, 0.15) is 19.8 Å². The van der Waals surface area contributed by atoms with Crippen LogP contribution < -0.4 is 5.32 Å². The van der Waals surface area contributed by atoms with Crippen molar-refractivity contribution in [3.05, 3.63) is 0 Å². The van der Waals surface area contributed by atoms with E-state index in [1.165, 1.54) is 0 Å². The van der Waals surface area contributed by atoms with Gasteiger partial charge in [-0.3, -0.25) is 4.79 Å². The number of ether oxygens (including phenoxy) is 1. The van der Waals surface area contributed by atoms with Gasteiger partial charge in [-0.25, -0.2) is 8.78 Å². The highest BCUT2D eigenvalue weighted by atomic mass is 79.9. The van der Waals surface area contributed by atoms with Crippen LogP contribution in [-0.4, -0.2) is 36.9 Å². The van der Waals surface area contributed by atoms with Crippen molar-refractivity contribution in [1.29, 1.82) is 0 Å². The molecule has 0 spiro atoms. The lowest BCUT2D eigenvalue weighted by Gasteiger charge is -2.06. The topological polar surface area (TPSA) is 38.3 Å². The Bertz CT molecular complexity index is 179. The van der Waals surface area contributed by atoms with Crippen LogP contribution in [0.2, 0.25) is 0 Å². The summed E-state index contributed by atoms with van der Waals surface area (Å²) in [6.07, 6.45) is -1.50. The molecule has 0 fully saturated rings. The second-order valence-corrected chi connectivity index (χ2v) is 4.70. The fourth-order valence-electron chi connectivity index (χ4n) is 0.836. The summed E-state index contributed by atoms with van der Waals surface area (Å²) < 4.78 is 27.8. The zero-order valence-electron chi connectivity index (χ0n) is 8.64. The van der Waals surface area contributed by atoms with Gasteiger partial charge in [0.1, 0.15) is 6.61 Å². The minimum atomic E-state index is -2.47. The van der Waals surface area contributed by atoms with Gasteiger partial charge in [0.05, 0.1) is 6.61 Å². The number of carbonyl (C=O) groups excluding carboxylic acids is 1. The van der Waals surface area contributed by atoms with Gasteiger partial charge < -0.3 is 10.1 Å². The Kier molecular flexibility index (Phi) is 8.89. The molecule has 6 heteroatoms. The molecule has 1 unspecified atom stereocenters. The van der Waals surface area contributed by atoms with E-state index >= 15 is 0 Å². The van der Waals surface area contributed by atoms with E-state index in [-0.39, 0.29) is 18.9 Å². The maximum absolute atomic E-state index is 11.6. The molecule has 1 N–H and O–H groups in total. The van der Waals surface area contributed by atoms with Gasteiger partial charge in [-0.15, -0.1) is 0 Å². The molecule has 0 aliphatic rings. The molecule has 0 aromatic rings. The molecule has 0 aromatic carbocycles. The van der Waals surface area contributed by atoms with Crippen LogP contribution in [0.4, 0.5) is 8.78 Å². The summed E-state index contributed by atoms with van der Waals surface area (Å²) in [6.45, 7) is 2.00. The summed E-state index contributed by atoms with van der Waals surface area (Å²) in [5.74, 6) is -0.169. The van der Waals surface area contributed by atoms with Crippen molar-refractivity contribution >= 4 is 21.8 Å². The lowest BCUT2D eigenvalue weighted by Crippen LogP contribution is -2.26. The molecule has 15 heavy (non-hydrogen) atoms. The molecule has 0 aliphatic carbocycles. The maximum atomic E-state index is 11.6. The van der Waals surface area contributed by atoms with E-state index in [0.717, 1.165) is 6.42 Å². The van der Waals surface area contributed by atoms with E-state index in [0.29, 0.717) is 11.4 Å². The first kappa shape index (κ1) is 14.8. The summed E-state index contributed by atoms with van der Waals surface area (Å²) in [6, 6.07) is 0. The number of hydrogen-bond donors (Lipinski definition) is 1. The normalized spacial score (nSPS) is 12.9. The predicted octanol–water partition coefficient (Wildman–Crippen LogP) is 1.95. The van der Waals surface area contributed by atoms with Gasteiger partial charge in [0.25, 0.3) is 6.43 Å². The molecule has 3 nitrogen and oxygen atoms in total. The Morgan fingerprint density at radius 1 is 1.53 bits per heavy atom. The number of nitrogens with one attached hydrogen (secondary N) is 1. The molecule has 0 aromatic heterocycles. The third-order valence-corrected chi connectivity index (χ3v) is 2.04. The van der Waals surface area contributed by atoms with Crippen molar-refractivity contribution < 1.29 is 18.3 Å². The van der Waals surface area contributed by atoms with E-state index in [9.17, 15) is 13.6 Å². The van der Waals surface area contributed by atoms with Crippen LogP contribution in [0.5, 0.6) is 0 Å². The summed E-state index contributed by atoms with van der Waals surface area (Å²) in [5, 5.41) is 2.67. The third kappa shape index (κ3) is 11.7. The first-order valence-electron chi connectivity index (χ1n) is 4.79. The van der Waals surface area contributed by atoms with Crippen molar-refractivity contribution in [1.82, 2.24) is 5.32 Å². The first-order chi connectivity index (χ1) is 7.02. The Morgan fingerprint density at radius 2 is 2.20 bits per heavy atom. The lowest BCUT2D eigenvalue weighted by atomic mass is 10.3. The molecule has 90 valence electrons. The van der Waals surface area contributed by atoms with Gasteiger partial charge in [0.15, 0.2) is 0 Å². The zero-order chi connectivity index (χ0) is 11.7. The second-order valence-electron chi connectivity index (χ2n) is 3.14. The second kappa shape index (κ2) is 9.03. The lowest BCUT2D eigenvalue weighted by molar-refractivity contribution is -0.122. The highest BCUT2D eigenvalue weighted by Gasteiger charge is 2.04. The highest BCUT2D eigenvalue weighted by Crippen LogP contribution is 2.01. The molecule has 0 bridgehead atoms. The van der Waals surface area contributed by atoms with Crippen molar-refractivity contribution in [3.8, 4) is 0 Å². The van der Waals surface area contributed by atoms with Crippen LogP contribution in [0, 0.1) is 0 Å². The summed E-state index contributed by atoms with van der Waals surface area (Å²) in [7, 11) is 0. The predicted molar refractivity (Wildman–Crippen MR) is 57.5 cm³/mol. The highest BCUT2D eigenvalue weighted by molar-refractivity contribution is 9.09. The van der Waals surface area contributed by atoms with Crippen molar-refractivity contribution in [2.24, 2.45) is 0 Å². The van der Waals surface area contributed by atoms with E-state index in [1.54, 1.807) is 0 Å². The molecule has 0 aliphatic heterocycles. The van der Waals surface area contributed by atoms with Crippen molar-refractivity contribution in [2.75, 3.05) is 19.8 Å². The van der Waals surface area contributed by atoms with Crippen LogP contribution >= 0.6 is 15.9 Å². The summed E-state index contributed by atoms with van der Waals surface area (Å²) in [5.41, 5.74) is 0. The zero-order valence-corrected chi connectivity index (χ0v) is 10.2. The molecule has 0 rings (SSSR count). The number of rotatable bonds is 8. The van der Waals surface area contributed by atoms with Crippen LogP contribution in [-0.2, 0) is 9.53 Å². The third-order valence-electron chi connectivity index (χ3n) is 1.58. The van der Waals surface area contributed by atoms with E-state index in [2.05, 4.69) is 26.0 Å². The summed E-state index contributed by atoms with van der Waals surface area (Å²) in [4.78, 5) is 11.4. The minimum Gasteiger partial charge on any atom is -0.375 e. The monoisotopic (exact) mass is 287 g/mol. The molecule has 1 atom stereocenters. The Balaban J connectivity index is 3.26. The molecule has 0 heterocycles. The largest absolute Gasteiger partial charge is 0.375 e. The van der Waals surface area contributed by atoms with Gasteiger partial charge in [-0.2, -0.15) is 0 Å². The summed E-state index contributed by atoms with van der Waals surface area (Å²) >= 11 is 3.34. The Morgan fingerprint density at radius 3 is 2.73 bits per heavy atom. The van der Waals surface area contributed by atoms with Gasteiger partial charge in [0, 0.05) is 17.8 Å². The van der Waals surface area contributed by atoms with Crippen LogP contribution in [0.25, 0.3) is 0 Å². The van der Waals surface area contributed by atoms with Gasteiger partial charge in [-0.05, 0) is 6.42 Å². The van der Waals surface area contributed by atoms with Gasteiger partial charge >= 0.3 is 0 Å². The molecule has 1 amide bonds. The van der Waals surface area contributed by atoms with E-state index in [4.69, 9.17) is 0 Å². The fourth-order valence-corrected chi connectivity index (χ4v) is 1.07. The SMILES string of the molecule is CC(Br)CCNC(=O)CCOCC(F)F. The number of hydrogen-bond acceptors (Lipinski definition) is 2. The number of alkyl halides is 3. The van der Waals surface area contributed by atoms with Crippen molar-refractivity contribution in [3.63, 3.8) is 0 Å². The van der Waals surface area contributed by atoms with Crippen molar-refractivity contribution in [2.45, 2.75) is 31.0 Å². The fraction of sp³-hybridized carbons (Fsp3) is 0.889. The maximum Gasteiger partial charge on any atom is 0.261 e. The number of halogens is 3. The smallest absolute Gasteiger partial charge is 0.261 e.